The first-order valence-electron chi connectivity index (χ1n) is 9.82. The van der Waals surface area contributed by atoms with Crippen LogP contribution >= 0.6 is 0 Å². The summed E-state index contributed by atoms with van der Waals surface area (Å²) < 4.78 is 6.80. The Morgan fingerprint density at radius 3 is 2.93 bits per heavy atom. The molecule has 2 aromatic heterocycles. The summed E-state index contributed by atoms with van der Waals surface area (Å²) >= 11 is 0. The number of nitrogens with zero attached hydrogens (tertiary/aromatic N) is 5. The monoisotopic (exact) mass is 393 g/mol. The molecule has 1 aromatic carbocycles. The molecule has 3 heterocycles. The summed E-state index contributed by atoms with van der Waals surface area (Å²) in [5, 5.41) is 8.36. The van der Waals surface area contributed by atoms with E-state index < -0.39 is 0 Å². The van der Waals surface area contributed by atoms with Crippen molar-refractivity contribution in [2.45, 2.75) is 26.7 Å². The lowest BCUT2D eigenvalue weighted by Gasteiger charge is -2.32. The van der Waals surface area contributed by atoms with Crippen molar-refractivity contribution in [3.05, 3.63) is 47.7 Å². The summed E-state index contributed by atoms with van der Waals surface area (Å²) in [5.41, 5.74) is 3.48. The minimum atomic E-state index is -0.264. The fraction of sp³-hybridized carbons (Fsp3) is 0.381. The molecule has 1 amide bonds. The average molecular weight is 393 g/mol. The van der Waals surface area contributed by atoms with Gasteiger partial charge in [0.05, 0.1) is 18.2 Å². The van der Waals surface area contributed by atoms with Crippen molar-refractivity contribution >= 4 is 23.0 Å². The average Bonchev–Trinajstić information content (AvgIpc) is 3.18. The molecule has 0 bridgehead atoms. The van der Waals surface area contributed by atoms with Crippen LogP contribution in [0.3, 0.4) is 0 Å². The number of ether oxygens (including phenoxy) is 1. The Hall–Kier alpha value is -3.29. The van der Waals surface area contributed by atoms with Gasteiger partial charge < -0.3 is 9.64 Å². The van der Waals surface area contributed by atoms with E-state index in [1.807, 2.05) is 37.3 Å². The van der Waals surface area contributed by atoms with Crippen LogP contribution in [0.4, 0.5) is 0 Å². The Morgan fingerprint density at radius 2 is 2.10 bits per heavy atom. The zero-order chi connectivity index (χ0) is 20.4. The maximum atomic E-state index is 13.2. The Morgan fingerprint density at radius 1 is 1.24 bits per heavy atom. The van der Waals surface area contributed by atoms with Crippen molar-refractivity contribution in [3.8, 4) is 5.69 Å². The molecule has 4 rings (SSSR count). The van der Waals surface area contributed by atoms with Gasteiger partial charge in [-0.15, -0.1) is 5.10 Å². The van der Waals surface area contributed by atoms with E-state index in [2.05, 4.69) is 15.3 Å². The summed E-state index contributed by atoms with van der Waals surface area (Å²) in [6, 6.07) is 9.19. The fourth-order valence-electron chi connectivity index (χ4n) is 3.80. The number of hydrogen-bond donors (Lipinski definition) is 0. The van der Waals surface area contributed by atoms with Gasteiger partial charge in [0.25, 0.3) is 5.91 Å². The minimum Gasteiger partial charge on any atom is -0.466 e. The number of rotatable bonds is 4. The summed E-state index contributed by atoms with van der Waals surface area (Å²) in [7, 11) is 0. The van der Waals surface area contributed by atoms with Gasteiger partial charge in [-0.05, 0) is 56.5 Å². The van der Waals surface area contributed by atoms with E-state index in [1.54, 1.807) is 22.7 Å². The molecule has 1 atom stereocenters. The van der Waals surface area contributed by atoms with E-state index in [9.17, 15) is 9.59 Å². The van der Waals surface area contributed by atoms with Gasteiger partial charge in [-0.1, -0.05) is 11.3 Å². The molecular formula is C21H23N5O3. The molecule has 0 N–H and O–H groups in total. The first-order valence-corrected chi connectivity index (χ1v) is 9.82. The van der Waals surface area contributed by atoms with Gasteiger partial charge in [0.2, 0.25) is 0 Å². The molecule has 0 saturated carbocycles. The first kappa shape index (κ1) is 19.0. The van der Waals surface area contributed by atoms with Crippen LogP contribution in [0.1, 0.15) is 35.7 Å². The number of esters is 1. The first-order chi connectivity index (χ1) is 14.1. The highest BCUT2D eigenvalue weighted by atomic mass is 16.5. The topological polar surface area (TPSA) is 90.2 Å². The summed E-state index contributed by atoms with van der Waals surface area (Å²) in [5.74, 6) is -0.578. The van der Waals surface area contributed by atoms with Crippen molar-refractivity contribution in [1.82, 2.24) is 24.9 Å². The highest BCUT2D eigenvalue weighted by molar-refractivity contribution is 5.97. The molecule has 8 heteroatoms. The zero-order valence-electron chi connectivity index (χ0n) is 16.5. The van der Waals surface area contributed by atoms with Crippen molar-refractivity contribution in [3.63, 3.8) is 0 Å². The Kier molecular flexibility index (Phi) is 5.24. The standard InChI is InChI=1S/C21H23N5O3/c1-3-29-21(28)15-7-6-12-25(13-15)20(27)16-8-4-10-18(14(16)2)26-19-17(23-24-26)9-5-11-22-19/h4-5,8-11,15H,3,6-7,12-13H2,1-2H3/t15-/m0/s1. The predicted molar refractivity (Wildman–Crippen MR) is 107 cm³/mol. The van der Waals surface area contributed by atoms with Crippen LogP contribution in [-0.2, 0) is 9.53 Å². The molecule has 1 saturated heterocycles. The third-order valence-corrected chi connectivity index (χ3v) is 5.30. The SMILES string of the molecule is CCOC(=O)[C@H]1CCCN(C(=O)c2cccc(-n3nnc4cccnc43)c2C)C1. The van der Waals surface area contributed by atoms with Crippen LogP contribution in [0.2, 0.25) is 0 Å². The number of fused-ring (bicyclic) bond motifs is 1. The fourth-order valence-corrected chi connectivity index (χ4v) is 3.80. The number of pyridine rings is 1. The lowest BCUT2D eigenvalue weighted by atomic mass is 9.96. The third kappa shape index (κ3) is 3.57. The summed E-state index contributed by atoms with van der Waals surface area (Å²) in [6.45, 7) is 5.05. The van der Waals surface area contributed by atoms with Crippen molar-refractivity contribution in [1.29, 1.82) is 0 Å². The van der Waals surface area contributed by atoms with Crippen molar-refractivity contribution in [2.75, 3.05) is 19.7 Å². The number of carbonyl (C=O) groups excluding carboxylic acids is 2. The second-order valence-electron chi connectivity index (χ2n) is 7.14. The van der Waals surface area contributed by atoms with Gasteiger partial charge in [0.1, 0.15) is 5.52 Å². The van der Waals surface area contributed by atoms with Crippen LogP contribution < -0.4 is 0 Å². The molecule has 1 aliphatic heterocycles. The van der Waals surface area contributed by atoms with Crippen LogP contribution in [0, 0.1) is 12.8 Å². The highest BCUT2D eigenvalue weighted by Crippen LogP contribution is 2.24. The second kappa shape index (κ2) is 7.98. The second-order valence-corrected chi connectivity index (χ2v) is 7.14. The smallest absolute Gasteiger partial charge is 0.310 e. The minimum absolute atomic E-state index is 0.0873. The Labute approximate surface area is 168 Å². The summed E-state index contributed by atoms with van der Waals surface area (Å²) in [4.78, 5) is 31.5. The number of amides is 1. The largest absolute Gasteiger partial charge is 0.466 e. The number of likely N-dealkylation sites (tertiary alicyclic amines) is 1. The number of carbonyl (C=O) groups is 2. The quantitative estimate of drug-likeness (QED) is 0.633. The van der Waals surface area contributed by atoms with Crippen molar-refractivity contribution < 1.29 is 14.3 Å². The maximum absolute atomic E-state index is 13.2. The molecule has 0 radical (unpaired) electrons. The van der Waals surface area contributed by atoms with Gasteiger partial charge in [0, 0.05) is 24.8 Å². The van der Waals surface area contributed by atoms with Gasteiger partial charge in [-0.3, -0.25) is 9.59 Å². The molecule has 0 spiro atoms. The van der Waals surface area contributed by atoms with E-state index in [4.69, 9.17) is 4.74 Å². The molecule has 1 aliphatic rings. The zero-order valence-corrected chi connectivity index (χ0v) is 16.5. The van der Waals surface area contributed by atoms with Crippen LogP contribution in [0.25, 0.3) is 16.9 Å². The normalized spacial score (nSPS) is 16.8. The van der Waals surface area contributed by atoms with E-state index in [0.717, 1.165) is 24.1 Å². The van der Waals surface area contributed by atoms with E-state index >= 15 is 0 Å². The van der Waals surface area contributed by atoms with Gasteiger partial charge in [-0.25, -0.2) is 4.98 Å². The molecule has 3 aromatic rings. The molecule has 29 heavy (non-hydrogen) atoms. The van der Waals surface area contributed by atoms with Gasteiger partial charge in [0.15, 0.2) is 5.65 Å². The van der Waals surface area contributed by atoms with Crippen LogP contribution in [-0.4, -0.2) is 56.5 Å². The Bertz CT molecular complexity index is 1060. The third-order valence-electron chi connectivity index (χ3n) is 5.30. The summed E-state index contributed by atoms with van der Waals surface area (Å²) in [6.07, 6.45) is 3.22. The highest BCUT2D eigenvalue weighted by Gasteiger charge is 2.30. The van der Waals surface area contributed by atoms with Gasteiger partial charge >= 0.3 is 5.97 Å². The molecular weight excluding hydrogens is 370 g/mol. The number of hydrogen-bond acceptors (Lipinski definition) is 6. The number of piperidine rings is 1. The molecule has 0 unspecified atom stereocenters. The molecule has 150 valence electrons. The molecule has 8 nitrogen and oxygen atoms in total. The number of aromatic nitrogens is 4. The van der Waals surface area contributed by atoms with E-state index in [-0.39, 0.29) is 17.8 Å². The van der Waals surface area contributed by atoms with E-state index in [1.165, 1.54) is 0 Å². The predicted octanol–water partition coefficient (Wildman–Crippen LogP) is 2.54. The lowest BCUT2D eigenvalue weighted by Crippen LogP contribution is -2.43. The van der Waals surface area contributed by atoms with E-state index in [0.29, 0.717) is 36.4 Å². The lowest BCUT2D eigenvalue weighted by molar-refractivity contribution is -0.149. The Balaban J connectivity index is 1.63. The molecule has 0 aliphatic carbocycles. The van der Waals surface area contributed by atoms with Crippen LogP contribution in [0.15, 0.2) is 36.5 Å². The van der Waals surface area contributed by atoms with Crippen LogP contribution in [0.5, 0.6) is 0 Å². The maximum Gasteiger partial charge on any atom is 0.310 e. The number of benzene rings is 1. The van der Waals surface area contributed by atoms with Gasteiger partial charge in [-0.2, -0.15) is 4.68 Å². The molecule has 1 fully saturated rings. The van der Waals surface area contributed by atoms with Crippen molar-refractivity contribution in [2.24, 2.45) is 5.92 Å².